The van der Waals surface area contributed by atoms with Crippen LogP contribution in [0.2, 0.25) is 0 Å². The van der Waals surface area contributed by atoms with E-state index >= 15 is 0 Å². The monoisotopic (exact) mass is 264 g/mol. The molecule has 0 fully saturated rings. The molecule has 0 bridgehead atoms. The highest BCUT2D eigenvalue weighted by molar-refractivity contribution is 9.10. The van der Waals surface area contributed by atoms with Crippen LogP contribution < -0.4 is 5.56 Å². The summed E-state index contributed by atoms with van der Waals surface area (Å²) in [6, 6.07) is 5.16. The van der Waals surface area contributed by atoms with Crippen molar-refractivity contribution in [1.29, 1.82) is 0 Å². The number of aromatic nitrogens is 4. The Hall–Kier alpha value is -1.69. The third-order valence-electron chi connectivity index (χ3n) is 2.14. The maximum absolute atomic E-state index is 11.9. The zero-order valence-corrected chi connectivity index (χ0v) is 9.02. The molecule has 3 rings (SSSR count). The lowest BCUT2D eigenvalue weighted by atomic mass is 10.3. The lowest BCUT2D eigenvalue weighted by molar-refractivity contribution is 0.902. The molecule has 15 heavy (non-hydrogen) atoms. The van der Waals surface area contributed by atoms with E-state index in [2.05, 4.69) is 31.0 Å². The Bertz CT molecular complexity index is 715. The minimum atomic E-state index is -0.145. The number of hydrogen-bond donors (Lipinski definition) is 1. The summed E-state index contributed by atoms with van der Waals surface area (Å²) in [5.41, 5.74) is 0.876. The second kappa shape index (κ2) is 2.90. The molecule has 0 atom stereocenters. The number of halogens is 1. The predicted octanol–water partition coefficient (Wildman–Crippen LogP) is 1.33. The van der Waals surface area contributed by atoms with Crippen LogP contribution in [-0.2, 0) is 0 Å². The summed E-state index contributed by atoms with van der Waals surface area (Å²) in [5, 5.41) is 3.35. The normalized spacial score (nSPS) is 11.3. The molecule has 0 aliphatic carbocycles. The van der Waals surface area contributed by atoms with Gasteiger partial charge in [0.25, 0.3) is 5.56 Å². The maximum atomic E-state index is 11.9. The van der Waals surface area contributed by atoms with E-state index in [0.29, 0.717) is 21.3 Å². The number of H-pyrrole nitrogens is 1. The summed E-state index contributed by atoms with van der Waals surface area (Å²) in [7, 11) is 0. The molecule has 0 saturated carbocycles. The number of fused-ring (bicyclic) bond motifs is 2. The average molecular weight is 265 g/mol. The maximum Gasteiger partial charge on any atom is 0.282 e. The van der Waals surface area contributed by atoms with Crippen LogP contribution in [0.25, 0.3) is 16.7 Å². The zero-order valence-electron chi connectivity index (χ0n) is 7.44. The molecule has 1 N–H and O–H groups in total. The van der Waals surface area contributed by atoms with E-state index in [1.54, 1.807) is 24.4 Å². The van der Waals surface area contributed by atoms with Crippen molar-refractivity contribution in [3.63, 3.8) is 0 Å². The van der Waals surface area contributed by atoms with Crippen LogP contribution in [-0.4, -0.2) is 19.6 Å². The Morgan fingerprint density at radius 2 is 2.33 bits per heavy atom. The molecule has 3 aromatic heterocycles. The van der Waals surface area contributed by atoms with Crippen molar-refractivity contribution < 1.29 is 0 Å². The lowest BCUT2D eigenvalue weighted by Crippen LogP contribution is -2.15. The van der Waals surface area contributed by atoms with Crippen LogP contribution in [0.15, 0.2) is 33.8 Å². The van der Waals surface area contributed by atoms with Crippen LogP contribution in [0.1, 0.15) is 0 Å². The van der Waals surface area contributed by atoms with Crippen LogP contribution in [0.5, 0.6) is 0 Å². The van der Waals surface area contributed by atoms with Gasteiger partial charge in [0.2, 0.25) is 0 Å². The van der Waals surface area contributed by atoms with Gasteiger partial charge in [0.05, 0.1) is 5.39 Å². The summed E-state index contributed by atoms with van der Waals surface area (Å²) in [5.74, 6) is 0. The minimum absolute atomic E-state index is 0.145. The molecule has 6 heteroatoms. The molecule has 5 nitrogen and oxygen atoms in total. The third kappa shape index (κ3) is 1.18. The first-order chi connectivity index (χ1) is 7.25. The van der Waals surface area contributed by atoms with Crippen LogP contribution in [0, 0.1) is 0 Å². The van der Waals surface area contributed by atoms with Gasteiger partial charge in [0.15, 0.2) is 11.3 Å². The van der Waals surface area contributed by atoms with Crippen molar-refractivity contribution in [3.05, 3.63) is 39.4 Å². The SMILES string of the molecule is O=c1c2cccnc2nc2cc(Br)[nH]n12. The minimum Gasteiger partial charge on any atom is -0.283 e. The fourth-order valence-corrected chi connectivity index (χ4v) is 1.88. The highest BCUT2D eigenvalue weighted by Gasteiger charge is 2.07. The van der Waals surface area contributed by atoms with E-state index in [9.17, 15) is 4.79 Å². The lowest BCUT2D eigenvalue weighted by Gasteiger charge is -1.96. The Kier molecular flexibility index (Phi) is 1.66. The Labute approximate surface area is 91.9 Å². The van der Waals surface area contributed by atoms with Gasteiger partial charge in [-0.3, -0.25) is 9.89 Å². The van der Waals surface area contributed by atoms with Crippen molar-refractivity contribution in [2.75, 3.05) is 0 Å². The highest BCUT2D eigenvalue weighted by Crippen LogP contribution is 2.10. The van der Waals surface area contributed by atoms with E-state index in [-0.39, 0.29) is 5.56 Å². The zero-order chi connectivity index (χ0) is 10.4. The van der Waals surface area contributed by atoms with Crippen LogP contribution in [0.4, 0.5) is 0 Å². The van der Waals surface area contributed by atoms with Crippen LogP contribution in [0.3, 0.4) is 0 Å². The summed E-state index contributed by atoms with van der Waals surface area (Å²) in [6.45, 7) is 0. The van der Waals surface area contributed by atoms with Gasteiger partial charge in [0, 0.05) is 12.3 Å². The standard InChI is InChI=1S/C9H5BrN4O/c10-6-4-7-12-8-5(2-1-3-11-8)9(15)14(7)13-6/h1-4,13H. The van der Waals surface area contributed by atoms with Gasteiger partial charge in [-0.25, -0.2) is 9.97 Å². The van der Waals surface area contributed by atoms with Gasteiger partial charge in [-0.2, -0.15) is 4.52 Å². The molecule has 0 aliphatic rings. The number of nitrogens with zero attached hydrogens (tertiary/aromatic N) is 3. The highest BCUT2D eigenvalue weighted by atomic mass is 79.9. The number of aromatic amines is 1. The van der Waals surface area contributed by atoms with E-state index in [4.69, 9.17) is 0 Å². The third-order valence-corrected chi connectivity index (χ3v) is 2.55. The van der Waals surface area contributed by atoms with Gasteiger partial charge < -0.3 is 0 Å². The molecule has 0 aliphatic heterocycles. The largest absolute Gasteiger partial charge is 0.283 e. The molecular weight excluding hydrogens is 260 g/mol. The van der Waals surface area contributed by atoms with Crippen molar-refractivity contribution in [2.45, 2.75) is 0 Å². The molecule has 0 aromatic carbocycles. The first-order valence-corrected chi connectivity index (χ1v) is 5.07. The topological polar surface area (TPSA) is 63.0 Å². The van der Waals surface area contributed by atoms with Gasteiger partial charge in [-0.05, 0) is 28.1 Å². The van der Waals surface area contributed by atoms with E-state index < -0.39 is 0 Å². The van der Waals surface area contributed by atoms with Gasteiger partial charge in [0.1, 0.15) is 4.60 Å². The summed E-state index contributed by atoms with van der Waals surface area (Å²) in [6.07, 6.45) is 1.62. The second-order valence-electron chi connectivity index (χ2n) is 3.09. The molecule has 3 heterocycles. The van der Waals surface area contributed by atoms with Crippen molar-refractivity contribution in [3.8, 4) is 0 Å². The smallest absolute Gasteiger partial charge is 0.282 e. The number of nitrogens with one attached hydrogen (secondary N) is 1. The molecule has 74 valence electrons. The molecule has 3 aromatic rings. The number of hydrogen-bond acceptors (Lipinski definition) is 3. The Balaban J connectivity index is 2.65. The quantitative estimate of drug-likeness (QED) is 0.667. The van der Waals surface area contributed by atoms with Gasteiger partial charge in [-0.15, -0.1) is 0 Å². The molecule has 0 radical (unpaired) electrons. The molecular formula is C9H5BrN4O. The Morgan fingerprint density at radius 1 is 1.47 bits per heavy atom. The van der Waals surface area contributed by atoms with E-state index in [1.165, 1.54) is 4.52 Å². The second-order valence-corrected chi connectivity index (χ2v) is 3.94. The van der Waals surface area contributed by atoms with Crippen molar-refractivity contribution in [2.24, 2.45) is 0 Å². The molecule has 0 spiro atoms. The predicted molar refractivity (Wildman–Crippen MR) is 58.8 cm³/mol. The molecule has 0 saturated heterocycles. The summed E-state index contributed by atoms with van der Waals surface area (Å²) >= 11 is 3.26. The Morgan fingerprint density at radius 3 is 3.20 bits per heavy atom. The molecule has 0 unspecified atom stereocenters. The fraction of sp³-hybridized carbons (Fsp3) is 0. The van der Waals surface area contributed by atoms with Crippen LogP contribution >= 0.6 is 15.9 Å². The summed E-state index contributed by atoms with van der Waals surface area (Å²) < 4.78 is 2.09. The average Bonchev–Trinajstić information content (AvgIpc) is 2.59. The van der Waals surface area contributed by atoms with Crippen molar-refractivity contribution >= 4 is 32.6 Å². The molecule has 0 amide bonds. The number of rotatable bonds is 0. The van der Waals surface area contributed by atoms with E-state index in [1.807, 2.05) is 0 Å². The fourth-order valence-electron chi connectivity index (χ4n) is 1.49. The summed E-state index contributed by atoms with van der Waals surface area (Å²) in [4.78, 5) is 20.2. The number of pyridine rings is 1. The van der Waals surface area contributed by atoms with E-state index in [0.717, 1.165) is 0 Å². The van der Waals surface area contributed by atoms with Crippen molar-refractivity contribution in [1.82, 2.24) is 19.6 Å². The first kappa shape index (κ1) is 8.60. The first-order valence-electron chi connectivity index (χ1n) is 4.28. The van der Waals surface area contributed by atoms with Gasteiger partial charge >= 0.3 is 0 Å². The van der Waals surface area contributed by atoms with Gasteiger partial charge in [-0.1, -0.05) is 0 Å².